The molecule has 0 saturated carbocycles. The summed E-state index contributed by atoms with van der Waals surface area (Å²) in [5, 5.41) is 0. The van der Waals surface area contributed by atoms with Gasteiger partial charge in [-0.15, -0.1) is 11.8 Å². The normalized spacial score (nSPS) is 15.5. The second-order valence-corrected chi connectivity index (χ2v) is 4.34. The van der Waals surface area contributed by atoms with Gasteiger partial charge in [0.2, 0.25) is 0 Å². The summed E-state index contributed by atoms with van der Waals surface area (Å²) in [6.45, 7) is 0.508. The van der Waals surface area contributed by atoms with Crippen LogP contribution in [0.2, 0.25) is 0 Å². The van der Waals surface area contributed by atoms with Crippen LogP contribution in [0.15, 0.2) is 23.1 Å². The molecule has 0 atom stereocenters. The van der Waals surface area contributed by atoms with Gasteiger partial charge in [-0.25, -0.2) is 5.90 Å². The van der Waals surface area contributed by atoms with Crippen LogP contribution in [0.3, 0.4) is 0 Å². The van der Waals surface area contributed by atoms with E-state index in [1.54, 1.807) is 0 Å². The summed E-state index contributed by atoms with van der Waals surface area (Å²) in [7, 11) is 0. The van der Waals surface area contributed by atoms with Gasteiger partial charge in [-0.2, -0.15) is 0 Å². The molecule has 70 valence electrons. The zero-order valence-electron chi connectivity index (χ0n) is 7.45. The van der Waals surface area contributed by atoms with Gasteiger partial charge in [0.15, 0.2) is 0 Å². The van der Waals surface area contributed by atoms with Crippen molar-refractivity contribution >= 4 is 11.8 Å². The van der Waals surface area contributed by atoms with Gasteiger partial charge in [0.1, 0.15) is 0 Å². The number of benzene rings is 1. The summed E-state index contributed by atoms with van der Waals surface area (Å²) in [6.07, 6.45) is 2.51. The van der Waals surface area contributed by atoms with E-state index in [1.165, 1.54) is 29.1 Å². The van der Waals surface area contributed by atoms with Gasteiger partial charge < -0.3 is 0 Å². The molecule has 1 heterocycles. The molecule has 0 bridgehead atoms. The van der Waals surface area contributed by atoms with Crippen molar-refractivity contribution in [2.45, 2.75) is 24.3 Å². The molecule has 0 amide bonds. The molecular formula is C10H13NOS. The van der Waals surface area contributed by atoms with Gasteiger partial charge in [-0.3, -0.25) is 4.84 Å². The Hall–Kier alpha value is -0.510. The van der Waals surface area contributed by atoms with Crippen molar-refractivity contribution in [3.63, 3.8) is 0 Å². The van der Waals surface area contributed by atoms with Crippen LogP contribution in [-0.2, 0) is 17.9 Å². The molecule has 1 aliphatic rings. The fourth-order valence-electron chi connectivity index (χ4n) is 1.57. The number of rotatable bonds is 2. The molecule has 2 nitrogen and oxygen atoms in total. The SMILES string of the molecule is NOCc1ccc2c(c1)SCCC2. The molecule has 13 heavy (non-hydrogen) atoms. The van der Waals surface area contributed by atoms with Crippen molar-refractivity contribution in [2.24, 2.45) is 5.90 Å². The lowest BCUT2D eigenvalue weighted by molar-refractivity contribution is 0.124. The van der Waals surface area contributed by atoms with E-state index in [2.05, 4.69) is 23.0 Å². The second kappa shape index (κ2) is 4.13. The maximum atomic E-state index is 5.03. The van der Waals surface area contributed by atoms with Crippen molar-refractivity contribution in [1.29, 1.82) is 0 Å². The smallest absolute Gasteiger partial charge is 0.0930 e. The minimum Gasteiger partial charge on any atom is -0.300 e. The summed E-state index contributed by atoms with van der Waals surface area (Å²) < 4.78 is 0. The monoisotopic (exact) mass is 195 g/mol. The van der Waals surface area contributed by atoms with Gasteiger partial charge in [-0.05, 0) is 35.8 Å². The molecule has 0 radical (unpaired) electrons. The Balaban J connectivity index is 2.24. The Morgan fingerprint density at radius 1 is 1.46 bits per heavy atom. The largest absolute Gasteiger partial charge is 0.300 e. The first-order chi connectivity index (χ1) is 6.40. The van der Waals surface area contributed by atoms with Crippen molar-refractivity contribution in [2.75, 3.05) is 5.75 Å². The minimum absolute atomic E-state index is 0.508. The number of aryl methyl sites for hydroxylation is 1. The molecule has 3 heteroatoms. The summed E-state index contributed by atoms with van der Waals surface area (Å²) >= 11 is 1.93. The Labute approximate surface area is 82.4 Å². The van der Waals surface area contributed by atoms with E-state index < -0.39 is 0 Å². The Morgan fingerprint density at radius 2 is 2.38 bits per heavy atom. The third-order valence-corrected chi connectivity index (χ3v) is 3.41. The fourth-order valence-corrected chi connectivity index (χ4v) is 2.67. The van der Waals surface area contributed by atoms with Crippen LogP contribution >= 0.6 is 11.8 Å². The molecule has 0 saturated heterocycles. The quantitative estimate of drug-likeness (QED) is 0.734. The summed E-state index contributed by atoms with van der Waals surface area (Å²) in [5.74, 6) is 6.27. The maximum Gasteiger partial charge on any atom is 0.0930 e. The van der Waals surface area contributed by atoms with Crippen LogP contribution in [0, 0.1) is 0 Å². The standard InChI is InChI=1S/C10H13NOS/c11-12-7-8-3-4-9-2-1-5-13-10(9)6-8/h3-4,6H,1-2,5,7,11H2. The van der Waals surface area contributed by atoms with Crippen LogP contribution in [0.1, 0.15) is 17.5 Å². The second-order valence-electron chi connectivity index (χ2n) is 3.21. The van der Waals surface area contributed by atoms with E-state index in [0.717, 1.165) is 5.56 Å². The highest BCUT2D eigenvalue weighted by molar-refractivity contribution is 7.99. The van der Waals surface area contributed by atoms with E-state index in [4.69, 9.17) is 5.90 Å². The fraction of sp³-hybridized carbons (Fsp3) is 0.400. The highest BCUT2D eigenvalue weighted by Crippen LogP contribution is 2.30. The van der Waals surface area contributed by atoms with Gasteiger partial charge >= 0.3 is 0 Å². The molecule has 1 aromatic rings. The molecule has 0 aliphatic carbocycles. The average Bonchev–Trinajstić information content (AvgIpc) is 2.18. The van der Waals surface area contributed by atoms with Crippen LogP contribution in [-0.4, -0.2) is 5.75 Å². The molecule has 0 unspecified atom stereocenters. The first-order valence-electron chi connectivity index (χ1n) is 4.46. The molecule has 0 aromatic heterocycles. The highest BCUT2D eigenvalue weighted by atomic mass is 32.2. The van der Waals surface area contributed by atoms with E-state index in [0.29, 0.717) is 6.61 Å². The van der Waals surface area contributed by atoms with Crippen molar-refractivity contribution in [1.82, 2.24) is 0 Å². The number of nitrogens with two attached hydrogens (primary N) is 1. The lowest BCUT2D eigenvalue weighted by atomic mass is 10.1. The first kappa shape index (κ1) is 9.06. The highest BCUT2D eigenvalue weighted by Gasteiger charge is 2.09. The van der Waals surface area contributed by atoms with Gasteiger partial charge in [0.05, 0.1) is 6.61 Å². The lowest BCUT2D eigenvalue weighted by Gasteiger charge is -2.15. The van der Waals surface area contributed by atoms with Crippen molar-refractivity contribution in [3.05, 3.63) is 29.3 Å². The number of fused-ring (bicyclic) bond motifs is 1. The number of hydrogen-bond donors (Lipinski definition) is 1. The third-order valence-electron chi connectivity index (χ3n) is 2.23. The van der Waals surface area contributed by atoms with Crippen LogP contribution in [0.4, 0.5) is 0 Å². The van der Waals surface area contributed by atoms with Gasteiger partial charge in [0, 0.05) is 4.90 Å². The molecule has 1 aliphatic heterocycles. The van der Waals surface area contributed by atoms with Crippen LogP contribution < -0.4 is 5.90 Å². The predicted molar refractivity (Wildman–Crippen MR) is 54.5 cm³/mol. The van der Waals surface area contributed by atoms with E-state index in [-0.39, 0.29) is 0 Å². The number of hydrogen-bond acceptors (Lipinski definition) is 3. The first-order valence-corrected chi connectivity index (χ1v) is 5.45. The summed E-state index contributed by atoms with van der Waals surface area (Å²) in [4.78, 5) is 6.01. The van der Waals surface area contributed by atoms with Crippen molar-refractivity contribution in [3.8, 4) is 0 Å². The lowest BCUT2D eigenvalue weighted by Crippen LogP contribution is -2.02. The topological polar surface area (TPSA) is 35.2 Å². The zero-order valence-corrected chi connectivity index (χ0v) is 8.27. The average molecular weight is 195 g/mol. The van der Waals surface area contributed by atoms with Gasteiger partial charge in [-0.1, -0.05) is 12.1 Å². The summed E-state index contributed by atoms with van der Waals surface area (Å²) in [5.41, 5.74) is 2.63. The van der Waals surface area contributed by atoms with Crippen molar-refractivity contribution < 1.29 is 4.84 Å². The Bertz CT molecular complexity index is 301. The molecule has 2 N–H and O–H groups in total. The molecule has 1 aromatic carbocycles. The van der Waals surface area contributed by atoms with E-state index in [1.807, 2.05) is 11.8 Å². The minimum atomic E-state index is 0.508. The third kappa shape index (κ3) is 2.05. The van der Waals surface area contributed by atoms with Crippen LogP contribution in [0.25, 0.3) is 0 Å². The number of thioether (sulfide) groups is 1. The predicted octanol–water partition coefficient (Wildman–Crippen LogP) is 2.12. The summed E-state index contributed by atoms with van der Waals surface area (Å²) in [6, 6.07) is 6.47. The van der Waals surface area contributed by atoms with Crippen LogP contribution in [0.5, 0.6) is 0 Å². The van der Waals surface area contributed by atoms with E-state index >= 15 is 0 Å². The Kier molecular flexibility index (Phi) is 2.88. The Morgan fingerprint density at radius 3 is 3.23 bits per heavy atom. The maximum absolute atomic E-state index is 5.03. The molecule has 0 spiro atoms. The van der Waals surface area contributed by atoms with E-state index in [9.17, 15) is 0 Å². The van der Waals surface area contributed by atoms with Gasteiger partial charge in [0.25, 0.3) is 0 Å². The zero-order chi connectivity index (χ0) is 9.10. The molecule has 0 fully saturated rings. The molecular weight excluding hydrogens is 182 g/mol. The molecule has 2 rings (SSSR count).